The first-order valence-electron chi connectivity index (χ1n) is 10.2. The van der Waals surface area contributed by atoms with Gasteiger partial charge in [0.25, 0.3) is 0 Å². The Labute approximate surface area is 191 Å². The molecule has 3 rings (SSSR count). The summed E-state index contributed by atoms with van der Waals surface area (Å²) in [6.07, 6.45) is -20.5. The lowest BCUT2D eigenvalue weighted by molar-refractivity contribution is -0.357. The van der Waals surface area contributed by atoms with Gasteiger partial charge in [-0.2, -0.15) is 0 Å². The molecule has 16 nitrogen and oxygen atoms in total. The molecule has 0 aromatic carbocycles. The SMILES string of the molecule is O=C1O[C@H]([C@@H](O)CO)C(OC2O[C@H](CO)[C@@H](O[C@@H]3O[C@H](CO)[C@H](O)[C@H](O)[C@H]3O)[C@H](O)[C@H]2O)=C1O. The fourth-order valence-electron chi connectivity index (χ4n) is 3.71. The third-order valence-corrected chi connectivity index (χ3v) is 5.66. The second-order valence-corrected chi connectivity index (χ2v) is 7.91. The normalized spacial score (nSPS) is 44.1. The predicted molar refractivity (Wildman–Crippen MR) is 100 cm³/mol. The molecule has 3 heterocycles. The van der Waals surface area contributed by atoms with Gasteiger partial charge in [0.1, 0.15) is 54.9 Å². The number of cyclic esters (lactones) is 1. The van der Waals surface area contributed by atoms with Gasteiger partial charge in [-0.15, -0.1) is 0 Å². The van der Waals surface area contributed by atoms with Gasteiger partial charge in [-0.3, -0.25) is 0 Å². The van der Waals surface area contributed by atoms with Crippen LogP contribution in [0.1, 0.15) is 0 Å². The molecule has 0 aromatic rings. The molecule has 0 aliphatic carbocycles. The quantitative estimate of drug-likeness (QED) is 0.139. The molecule has 2 saturated heterocycles. The summed E-state index contributed by atoms with van der Waals surface area (Å²) in [5.74, 6) is -3.07. The first-order valence-corrected chi connectivity index (χ1v) is 10.2. The van der Waals surface area contributed by atoms with Crippen LogP contribution in [0.25, 0.3) is 0 Å². The Morgan fingerprint density at radius 1 is 0.824 bits per heavy atom. The van der Waals surface area contributed by atoms with E-state index in [2.05, 4.69) is 4.74 Å². The van der Waals surface area contributed by atoms with Crippen molar-refractivity contribution in [1.29, 1.82) is 0 Å². The topological polar surface area (TPSA) is 266 Å². The molecule has 0 radical (unpaired) electrons. The number of hydrogen-bond acceptors (Lipinski definition) is 16. The summed E-state index contributed by atoms with van der Waals surface area (Å²) < 4.78 is 25.9. The zero-order valence-electron chi connectivity index (χ0n) is 17.5. The summed E-state index contributed by atoms with van der Waals surface area (Å²) in [5, 5.41) is 98.6. The summed E-state index contributed by atoms with van der Waals surface area (Å²) >= 11 is 0. The molecule has 16 heteroatoms. The van der Waals surface area contributed by atoms with Crippen LogP contribution in [0, 0.1) is 0 Å². The molecular formula is C18H28O16. The second kappa shape index (κ2) is 10.9. The number of rotatable bonds is 8. The minimum absolute atomic E-state index is 0.701. The van der Waals surface area contributed by atoms with Crippen LogP contribution < -0.4 is 0 Å². The van der Waals surface area contributed by atoms with E-state index in [1.807, 2.05) is 0 Å². The maximum absolute atomic E-state index is 11.6. The maximum atomic E-state index is 11.6. The highest BCUT2D eigenvalue weighted by Gasteiger charge is 2.52. The number of carbonyl (C=O) groups is 1. The van der Waals surface area contributed by atoms with E-state index in [0.29, 0.717) is 0 Å². The summed E-state index contributed by atoms with van der Waals surface area (Å²) in [7, 11) is 0. The van der Waals surface area contributed by atoms with Gasteiger partial charge in [0.15, 0.2) is 18.2 Å². The Balaban J connectivity index is 1.75. The highest BCUT2D eigenvalue weighted by atomic mass is 16.7. The van der Waals surface area contributed by atoms with E-state index in [0.717, 1.165) is 0 Å². The van der Waals surface area contributed by atoms with Gasteiger partial charge in [-0.1, -0.05) is 0 Å². The van der Waals surface area contributed by atoms with E-state index in [1.165, 1.54) is 0 Å². The van der Waals surface area contributed by atoms with Crippen LogP contribution in [-0.2, 0) is 28.5 Å². The van der Waals surface area contributed by atoms with Crippen LogP contribution in [0.15, 0.2) is 11.5 Å². The highest BCUT2D eigenvalue weighted by molar-refractivity contribution is 5.89. The Kier molecular flexibility index (Phi) is 8.66. The van der Waals surface area contributed by atoms with Crippen molar-refractivity contribution in [1.82, 2.24) is 0 Å². The zero-order valence-corrected chi connectivity index (χ0v) is 17.5. The monoisotopic (exact) mass is 500 g/mol. The van der Waals surface area contributed by atoms with Crippen LogP contribution in [0.3, 0.4) is 0 Å². The summed E-state index contributed by atoms with van der Waals surface area (Å²) in [6, 6.07) is 0. The molecule has 196 valence electrons. The third-order valence-electron chi connectivity index (χ3n) is 5.66. The van der Waals surface area contributed by atoms with Crippen molar-refractivity contribution in [3.63, 3.8) is 0 Å². The van der Waals surface area contributed by atoms with Gasteiger partial charge in [0, 0.05) is 0 Å². The van der Waals surface area contributed by atoms with Crippen LogP contribution >= 0.6 is 0 Å². The van der Waals surface area contributed by atoms with Gasteiger partial charge >= 0.3 is 5.97 Å². The molecule has 0 amide bonds. The lowest BCUT2D eigenvalue weighted by atomic mass is 9.97. The lowest BCUT2D eigenvalue weighted by Crippen LogP contribution is -2.64. The van der Waals surface area contributed by atoms with Crippen molar-refractivity contribution in [3.8, 4) is 0 Å². The van der Waals surface area contributed by atoms with Gasteiger partial charge in [0.05, 0.1) is 19.8 Å². The van der Waals surface area contributed by atoms with Crippen LogP contribution in [-0.4, -0.2) is 150 Å². The Morgan fingerprint density at radius 3 is 2.00 bits per heavy atom. The van der Waals surface area contributed by atoms with Gasteiger partial charge in [-0.05, 0) is 0 Å². The van der Waals surface area contributed by atoms with Gasteiger partial charge in [-0.25, -0.2) is 4.79 Å². The van der Waals surface area contributed by atoms with E-state index in [4.69, 9.17) is 24.1 Å². The van der Waals surface area contributed by atoms with Crippen LogP contribution in [0.4, 0.5) is 0 Å². The molecule has 0 bridgehead atoms. The van der Waals surface area contributed by atoms with Crippen LogP contribution in [0.5, 0.6) is 0 Å². The molecular weight excluding hydrogens is 472 g/mol. The number of esters is 1. The first kappa shape index (κ1) is 26.9. The zero-order chi connectivity index (χ0) is 25.3. The third kappa shape index (κ3) is 4.99. The van der Waals surface area contributed by atoms with E-state index in [9.17, 15) is 50.8 Å². The molecule has 1 unspecified atom stereocenters. The largest absolute Gasteiger partial charge is 0.499 e. The number of aliphatic hydroxyl groups is 10. The summed E-state index contributed by atoms with van der Waals surface area (Å²) in [6.45, 7) is -2.49. The van der Waals surface area contributed by atoms with E-state index < -0.39 is 111 Å². The number of carbonyl (C=O) groups excluding carboxylic acids is 1. The number of hydrogen-bond donors (Lipinski definition) is 10. The molecule has 0 aromatic heterocycles. The van der Waals surface area contributed by atoms with E-state index in [-0.39, 0.29) is 0 Å². The maximum Gasteiger partial charge on any atom is 0.378 e. The molecule has 2 fully saturated rings. The second-order valence-electron chi connectivity index (χ2n) is 7.91. The van der Waals surface area contributed by atoms with Crippen molar-refractivity contribution in [2.24, 2.45) is 0 Å². The average molecular weight is 500 g/mol. The first-order chi connectivity index (χ1) is 16.0. The Morgan fingerprint density at radius 2 is 1.41 bits per heavy atom. The molecule has 12 atom stereocenters. The lowest BCUT2D eigenvalue weighted by Gasteiger charge is -2.46. The van der Waals surface area contributed by atoms with Crippen molar-refractivity contribution >= 4 is 5.97 Å². The van der Waals surface area contributed by atoms with E-state index >= 15 is 0 Å². The van der Waals surface area contributed by atoms with Gasteiger partial charge < -0.3 is 74.7 Å². The average Bonchev–Trinajstić information content (AvgIpc) is 3.11. The van der Waals surface area contributed by atoms with Crippen molar-refractivity contribution < 1.29 is 79.5 Å². The van der Waals surface area contributed by atoms with E-state index in [1.54, 1.807) is 0 Å². The predicted octanol–water partition coefficient (Wildman–Crippen LogP) is -6.32. The highest BCUT2D eigenvalue weighted by Crippen LogP contribution is 2.33. The smallest absolute Gasteiger partial charge is 0.378 e. The fourth-order valence-corrected chi connectivity index (χ4v) is 3.71. The number of ether oxygens (including phenoxy) is 5. The van der Waals surface area contributed by atoms with Crippen LogP contribution in [0.2, 0.25) is 0 Å². The molecule has 3 aliphatic rings. The summed E-state index contributed by atoms with van der Waals surface area (Å²) in [4.78, 5) is 11.6. The van der Waals surface area contributed by atoms with Crippen molar-refractivity contribution in [2.75, 3.05) is 19.8 Å². The molecule has 34 heavy (non-hydrogen) atoms. The standard InChI is InChI=1S/C18H28O16/c19-1-4(22)13-15(12(28)16(29)32-13)34-18-11(27)9(25)14(6(3-21)31-18)33-17-10(26)8(24)7(23)5(2-20)30-17/h4-11,13-14,17-28H,1-3H2/t4-,5+,6+,7-,8-,9+,10+,11+,13+,14+,17-,18?/m0/s1. The van der Waals surface area contributed by atoms with Crippen molar-refractivity contribution in [3.05, 3.63) is 11.5 Å². The Hall–Kier alpha value is -1.67. The minimum Gasteiger partial charge on any atom is -0.499 e. The molecule has 0 spiro atoms. The molecule has 0 saturated carbocycles. The Bertz CT molecular complexity index is 741. The number of aliphatic hydroxyl groups excluding tert-OH is 10. The fraction of sp³-hybridized carbons (Fsp3) is 0.833. The summed E-state index contributed by atoms with van der Waals surface area (Å²) in [5.41, 5.74) is 0. The molecule has 3 aliphatic heterocycles. The van der Waals surface area contributed by atoms with Gasteiger partial charge in [0.2, 0.25) is 12.0 Å². The molecule has 10 N–H and O–H groups in total. The minimum atomic E-state index is -1.97. The van der Waals surface area contributed by atoms with Crippen molar-refractivity contribution in [2.45, 2.75) is 73.6 Å².